The van der Waals surface area contributed by atoms with Crippen LogP contribution in [0.15, 0.2) is 18.2 Å². The summed E-state index contributed by atoms with van der Waals surface area (Å²) < 4.78 is 5.51. The number of likely N-dealkylation sites (tertiary alicyclic amines) is 1. The molecule has 1 aromatic carbocycles. The molecule has 4 rings (SSSR count). The molecule has 0 saturated carbocycles. The van der Waals surface area contributed by atoms with E-state index in [2.05, 4.69) is 40.6 Å². The summed E-state index contributed by atoms with van der Waals surface area (Å²) in [5.74, 6) is 0.376. The van der Waals surface area contributed by atoms with Crippen LogP contribution in [0.5, 0.6) is 5.75 Å². The second-order valence-electron chi connectivity index (χ2n) is 9.78. The minimum atomic E-state index is -1.07. The lowest BCUT2D eigenvalue weighted by atomic mass is 9.52. The second-order valence-corrected chi connectivity index (χ2v) is 9.78. The number of carbonyl (C=O) groups is 2. The summed E-state index contributed by atoms with van der Waals surface area (Å²) in [6.07, 6.45) is 3.70. The Labute approximate surface area is 190 Å². The molecule has 3 N–H and O–H groups in total. The van der Waals surface area contributed by atoms with Crippen molar-refractivity contribution in [1.29, 1.82) is 0 Å². The van der Waals surface area contributed by atoms with Crippen molar-refractivity contribution >= 4 is 11.9 Å². The fraction of sp³-hybridized carbons (Fsp3) is 0.667. The number of nitrogens with one attached hydrogen (secondary N) is 2. The van der Waals surface area contributed by atoms with Crippen LogP contribution >= 0.6 is 0 Å². The predicted octanol–water partition coefficient (Wildman–Crippen LogP) is 1.26. The summed E-state index contributed by atoms with van der Waals surface area (Å²) in [6.45, 7) is 3.15. The first-order chi connectivity index (χ1) is 15.3. The molecule has 3 amide bonds. The normalized spacial score (nSPS) is 30.7. The van der Waals surface area contributed by atoms with Gasteiger partial charge in [0, 0.05) is 24.4 Å². The maximum Gasteiger partial charge on any atom is 0.321 e. The summed E-state index contributed by atoms with van der Waals surface area (Å²) in [4.78, 5) is 29.6. The Morgan fingerprint density at radius 1 is 1.28 bits per heavy atom. The van der Waals surface area contributed by atoms with E-state index in [-0.39, 0.29) is 18.4 Å². The fourth-order valence-corrected chi connectivity index (χ4v) is 6.16. The van der Waals surface area contributed by atoms with E-state index in [0.29, 0.717) is 25.8 Å². The van der Waals surface area contributed by atoms with Crippen LogP contribution in [0.4, 0.5) is 4.79 Å². The standard InChI is InChI=1S/C24H36N4O4/c1-27(2)11-5-12-28-13-9-23-16-21(29)26-22(30)25-10-4-8-24(23,31)20(28)14-17-6-7-18(32-3)15-19(17)23/h6-7,15,20,31H,4-5,8-14,16H2,1-3H3,(H2,25,26,29,30)/t20-,23-,24-/m1/s1. The minimum absolute atomic E-state index is 0.0674. The Balaban J connectivity index is 1.78. The van der Waals surface area contributed by atoms with Crippen molar-refractivity contribution in [2.45, 2.75) is 55.6 Å². The van der Waals surface area contributed by atoms with Crippen LogP contribution in [0.1, 0.15) is 43.2 Å². The number of nitrogens with zero attached hydrogens (tertiary/aromatic N) is 2. The largest absolute Gasteiger partial charge is 0.497 e. The number of aliphatic hydroxyl groups is 1. The van der Waals surface area contributed by atoms with Gasteiger partial charge in [-0.1, -0.05) is 6.07 Å². The van der Waals surface area contributed by atoms with Gasteiger partial charge in [-0.25, -0.2) is 4.79 Å². The minimum Gasteiger partial charge on any atom is -0.497 e. The summed E-state index contributed by atoms with van der Waals surface area (Å²) in [6, 6.07) is 5.50. The predicted molar refractivity (Wildman–Crippen MR) is 122 cm³/mol. The molecular formula is C24H36N4O4. The van der Waals surface area contributed by atoms with Crippen LogP contribution in [0.2, 0.25) is 0 Å². The fourth-order valence-electron chi connectivity index (χ4n) is 6.16. The van der Waals surface area contributed by atoms with Gasteiger partial charge in [0.25, 0.3) is 0 Å². The molecule has 3 atom stereocenters. The van der Waals surface area contributed by atoms with Gasteiger partial charge in [-0.15, -0.1) is 0 Å². The zero-order valence-corrected chi connectivity index (χ0v) is 19.4. The smallest absolute Gasteiger partial charge is 0.321 e. The third-order valence-electron chi connectivity index (χ3n) is 7.68. The lowest BCUT2D eigenvalue weighted by Gasteiger charge is -2.62. The molecule has 32 heavy (non-hydrogen) atoms. The first kappa shape index (κ1) is 23.0. The lowest BCUT2D eigenvalue weighted by Crippen LogP contribution is -2.72. The first-order valence-electron chi connectivity index (χ1n) is 11.7. The molecule has 2 fully saturated rings. The molecule has 1 aliphatic carbocycles. The third-order valence-corrected chi connectivity index (χ3v) is 7.68. The highest BCUT2D eigenvalue weighted by Crippen LogP contribution is 2.55. The quantitative estimate of drug-likeness (QED) is 0.633. The number of fused-ring (bicyclic) bond motifs is 1. The highest BCUT2D eigenvalue weighted by molar-refractivity contribution is 5.95. The Hall–Kier alpha value is -2.16. The number of piperidine rings is 1. The molecule has 0 unspecified atom stereocenters. The van der Waals surface area contributed by atoms with Crippen molar-refractivity contribution in [2.75, 3.05) is 47.4 Å². The van der Waals surface area contributed by atoms with Crippen molar-refractivity contribution in [3.63, 3.8) is 0 Å². The molecule has 176 valence electrons. The van der Waals surface area contributed by atoms with E-state index in [9.17, 15) is 14.7 Å². The number of urea groups is 1. The van der Waals surface area contributed by atoms with E-state index >= 15 is 0 Å². The highest BCUT2D eigenvalue weighted by atomic mass is 16.5. The van der Waals surface area contributed by atoms with Crippen LogP contribution in [-0.2, 0) is 16.6 Å². The molecular weight excluding hydrogens is 408 g/mol. The van der Waals surface area contributed by atoms with E-state index in [1.54, 1.807) is 7.11 Å². The van der Waals surface area contributed by atoms with Gasteiger partial charge >= 0.3 is 6.03 Å². The number of rotatable bonds is 5. The number of hydrogen-bond acceptors (Lipinski definition) is 6. The Morgan fingerprint density at radius 3 is 2.84 bits per heavy atom. The van der Waals surface area contributed by atoms with Crippen molar-refractivity contribution in [3.05, 3.63) is 29.3 Å². The SMILES string of the molecule is COc1ccc2c(c1)[C@]13CCN(CCCN(C)C)[C@H](C2)[C@]1(O)CCCNC(=O)NC(=O)C3. The number of amides is 3. The van der Waals surface area contributed by atoms with Gasteiger partial charge in [0.1, 0.15) is 5.75 Å². The molecule has 2 bridgehead atoms. The van der Waals surface area contributed by atoms with Gasteiger partial charge in [-0.05, 0) is 89.1 Å². The van der Waals surface area contributed by atoms with Crippen molar-refractivity contribution < 1.29 is 19.4 Å². The van der Waals surface area contributed by atoms with Crippen molar-refractivity contribution in [3.8, 4) is 5.75 Å². The number of hydrogen-bond donors (Lipinski definition) is 3. The van der Waals surface area contributed by atoms with Crippen molar-refractivity contribution in [1.82, 2.24) is 20.4 Å². The van der Waals surface area contributed by atoms with E-state index in [0.717, 1.165) is 49.4 Å². The van der Waals surface area contributed by atoms with Crippen LogP contribution < -0.4 is 15.4 Å². The van der Waals surface area contributed by atoms with E-state index in [1.165, 1.54) is 0 Å². The zero-order valence-electron chi connectivity index (χ0n) is 19.4. The van der Waals surface area contributed by atoms with Crippen LogP contribution in [-0.4, -0.2) is 85.9 Å². The Kier molecular flexibility index (Phi) is 6.47. The van der Waals surface area contributed by atoms with Gasteiger partial charge < -0.3 is 20.1 Å². The van der Waals surface area contributed by atoms with Crippen molar-refractivity contribution in [2.24, 2.45) is 0 Å². The van der Waals surface area contributed by atoms with Gasteiger partial charge in [0.2, 0.25) is 5.91 Å². The molecule has 2 saturated heterocycles. The van der Waals surface area contributed by atoms with Gasteiger partial charge in [-0.2, -0.15) is 0 Å². The summed E-state index contributed by atoms with van der Waals surface area (Å²) >= 11 is 0. The lowest BCUT2D eigenvalue weighted by molar-refractivity contribution is -0.160. The molecule has 1 aromatic rings. The third kappa shape index (κ3) is 4.00. The van der Waals surface area contributed by atoms with Crippen LogP contribution in [0.25, 0.3) is 0 Å². The molecule has 0 radical (unpaired) electrons. The van der Waals surface area contributed by atoms with E-state index < -0.39 is 17.0 Å². The number of carbonyl (C=O) groups excluding carboxylic acids is 2. The summed E-state index contributed by atoms with van der Waals surface area (Å²) in [5, 5.41) is 17.7. The first-order valence-corrected chi connectivity index (χ1v) is 11.7. The molecule has 2 heterocycles. The van der Waals surface area contributed by atoms with E-state index in [1.807, 2.05) is 12.1 Å². The number of imide groups is 1. The topological polar surface area (TPSA) is 94.1 Å². The monoisotopic (exact) mass is 444 g/mol. The Morgan fingerprint density at radius 2 is 2.09 bits per heavy atom. The van der Waals surface area contributed by atoms with Crippen LogP contribution in [0.3, 0.4) is 0 Å². The zero-order chi connectivity index (χ0) is 22.9. The molecule has 0 spiro atoms. The molecule has 8 nitrogen and oxygen atoms in total. The summed E-state index contributed by atoms with van der Waals surface area (Å²) in [5.41, 5.74) is 0.341. The van der Waals surface area contributed by atoms with Gasteiger partial charge in [-0.3, -0.25) is 15.0 Å². The average molecular weight is 445 g/mol. The van der Waals surface area contributed by atoms with E-state index in [4.69, 9.17) is 4.74 Å². The second kappa shape index (κ2) is 9.00. The molecule has 3 aliphatic rings. The Bertz CT molecular complexity index is 876. The number of ether oxygens (including phenoxy) is 1. The average Bonchev–Trinajstić information content (AvgIpc) is 2.74. The molecule has 0 aromatic heterocycles. The molecule has 8 heteroatoms. The number of benzene rings is 1. The molecule has 2 aliphatic heterocycles. The maximum atomic E-state index is 13.0. The number of methoxy groups -OCH3 is 1. The van der Waals surface area contributed by atoms with Gasteiger partial charge in [0.05, 0.1) is 12.7 Å². The van der Waals surface area contributed by atoms with Gasteiger partial charge in [0.15, 0.2) is 0 Å². The maximum absolute atomic E-state index is 13.0. The highest BCUT2D eigenvalue weighted by Gasteiger charge is 2.63. The summed E-state index contributed by atoms with van der Waals surface area (Å²) in [7, 11) is 5.79. The van der Waals surface area contributed by atoms with Crippen LogP contribution in [0, 0.1) is 0 Å².